The number of hydrogen-bond donors (Lipinski definition) is 0. The number of fused-ring (bicyclic) bond motifs is 2. The van der Waals surface area contributed by atoms with E-state index in [2.05, 4.69) is 34.0 Å². The van der Waals surface area contributed by atoms with Crippen molar-refractivity contribution in [1.29, 1.82) is 0 Å². The molecule has 7 heteroatoms. The summed E-state index contributed by atoms with van der Waals surface area (Å²) in [6, 6.07) is 10.2. The zero-order chi connectivity index (χ0) is 19.0. The fourth-order valence-electron chi connectivity index (χ4n) is 3.84. The highest BCUT2D eigenvalue weighted by molar-refractivity contribution is 5.78. The Morgan fingerprint density at radius 2 is 2.11 bits per heavy atom. The molecule has 0 fully saturated rings. The molecule has 0 saturated heterocycles. The van der Waals surface area contributed by atoms with Crippen molar-refractivity contribution >= 4 is 10.9 Å². The molecule has 1 aliphatic heterocycles. The Balaban J connectivity index is 1.39. The Morgan fingerprint density at radius 3 is 2.93 bits per heavy atom. The highest BCUT2D eigenvalue weighted by atomic mass is 19.4. The van der Waals surface area contributed by atoms with Gasteiger partial charge in [-0.25, -0.2) is 4.98 Å². The van der Waals surface area contributed by atoms with Gasteiger partial charge in [-0.2, -0.15) is 13.2 Å². The van der Waals surface area contributed by atoms with Gasteiger partial charge in [0.2, 0.25) is 0 Å². The molecule has 0 radical (unpaired) electrons. The summed E-state index contributed by atoms with van der Waals surface area (Å²) in [5, 5.41) is 1.11. The minimum absolute atomic E-state index is 0.319. The van der Waals surface area contributed by atoms with Gasteiger partial charge in [-0.3, -0.25) is 4.98 Å². The number of benzene rings is 1. The van der Waals surface area contributed by atoms with E-state index in [1.165, 1.54) is 5.56 Å². The average Bonchev–Trinajstić information content (AvgIpc) is 3.05. The second-order valence-electron chi connectivity index (χ2n) is 7.32. The Morgan fingerprint density at radius 1 is 1.26 bits per heavy atom. The molecule has 142 valence electrons. The molecule has 0 spiro atoms. The van der Waals surface area contributed by atoms with Crippen LogP contribution in [0.15, 0.2) is 42.7 Å². The number of pyridine rings is 1. The molecule has 0 aliphatic carbocycles. The van der Waals surface area contributed by atoms with Crippen molar-refractivity contribution in [3.05, 3.63) is 59.8 Å². The quantitative estimate of drug-likeness (QED) is 0.688. The summed E-state index contributed by atoms with van der Waals surface area (Å²) in [6.07, 6.45) is 0.0156. The van der Waals surface area contributed by atoms with Crippen LogP contribution in [-0.4, -0.2) is 33.0 Å². The predicted molar refractivity (Wildman–Crippen MR) is 97.1 cm³/mol. The summed E-state index contributed by atoms with van der Waals surface area (Å²) in [5.74, 6) is 0.864. The molecule has 27 heavy (non-hydrogen) atoms. The minimum atomic E-state index is -4.37. The van der Waals surface area contributed by atoms with E-state index in [4.69, 9.17) is 0 Å². The van der Waals surface area contributed by atoms with E-state index in [-0.39, 0.29) is 0 Å². The van der Waals surface area contributed by atoms with Gasteiger partial charge in [0.1, 0.15) is 5.82 Å². The van der Waals surface area contributed by atoms with Crippen molar-refractivity contribution in [2.45, 2.75) is 32.1 Å². The lowest BCUT2D eigenvalue weighted by molar-refractivity contribution is -0.141. The number of aromatic nitrogens is 3. The first-order valence-corrected chi connectivity index (χ1v) is 9.04. The first-order valence-electron chi connectivity index (χ1n) is 9.04. The molecule has 1 atom stereocenters. The van der Waals surface area contributed by atoms with Crippen molar-refractivity contribution in [2.75, 3.05) is 13.6 Å². The average molecular weight is 374 g/mol. The van der Waals surface area contributed by atoms with Gasteiger partial charge in [0.05, 0.1) is 5.52 Å². The van der Waals surface area contributed by atoms with Gasteiger partial charge in [0.25, 0.3) is 0 Å². The zero-order valence-corrected chi connectivity index (χ0v) is 15.1. The number of halogens is 3. The van der Waals surface area contributed by atoms with Gasteiger partial charge in [0, 0.05) is 43.8 Å². The van der Waals surface area contributed by atoms with Crippen LogP contribution in [0.25, 0.3) is 10.9 Å². The van der Waals surface area contributed by atoms with Crippen LogP contribution in [0.5, 0.6) is 0 Å². The summed E-state index contributed by atoms with van der Waals surface area (Å²) in [6.45, 7) is 2.22. The summed E-state index contributed by atoms with van der Waals surface area (Å²) in [4.78, 5) is 10.3. The largest absolute Gasteiger partial charge is 0.434 e. The van der Waals surface area contributed by atoms with Crippen molar-refractivity contribution < 1.29 is 13.2 Å². The third kappa shape index (κ3) is 3.98. The molecule has 4 rings (SSSR count). The van der Waals surface area contributed by atoms with Gasteiger partial charge < -0.3 is 9.47 Å². The lowest BCUT2D eigenvalue weighted by atomic mass is 9.98. The van der Waals surface area contributed by atoms with Crippen LogP contribution in [0.1, 0.15) is 23.5 Å². The Labute approximate surface area is 155 Å². The molecule has 0 bridgehead atoms. The predicted octanol–water partition coefficient (Wildman–Crippen LogP) is 4.14. The lowest BCUT2D eigenvalue weighted by Crippen LogP contribution is -2.31. The van der Waals surface area contributed by atoms with E-state index >= 15 is 0 Å². The Bertz CT molecular complexity index is 948. The van der Waals surface area contributed by atoms with Crippen LogP contribution in [0, 0.1) is 5.92 Å². The highest BCUT2D eigenvalue weighted by Gasteiger charge is 2.35. The minimum Gasteiger partial charge on any atom is -0.334 e. The van der Waals surface area contributed by atoms with Crippen molar-refractivity contribution in [3.63, 3.8) is 0 Å². The molecule has 1 aliphatic rings. The number of aryl methyl sites for hydroxylation is 1. The number of imidazole rings is 1. The van der Waals surface area contributed by atoms with Crippen molar-refractivity contribution in [2.24, 2.45) is 5.92 Å². The number of hydrogen-bond acceptors (Lipinski definition) is 3. The van der Waals surface area contributed by atoms with E-state index < -0.39 is 11.9 Å². The lowest BCUT2D eigenvalue weighted by Gasteiger charge is -2.28. The maximum Gasteiger partial charge on any atom is 0.434 e. The van der Waals surface area contributed by atoms with Gasteiger partial charge in [0.15, 0.2) is 5.69 Å². The highest BCUT2D eigenvalue weighted by Crippen LogP contribution is 2.31. The molecule has 4 nitrogen and oxygen atoms in total. The molecule has 3 aromatic rings. The van der Waals surface area contributed by atoms with Crippen LogP contribution >= 0.6 is 0 Å². The van der Waals surface area contributed by atoms with Gasteiger partial charge in [-0.05, 0) is 43.1 Å². The Kier molecular flexibility index (Phi) is 4.63. The zero-order valence-electron chi connectivity index (χ0n) is 15.1. The fraction of sp³-hybridized carbons (Fsp3) is 0.400. The maximum atomic E-state index is 12.8. The van der Waals surface area contributed by atoms with E-state index in [0.29, 0.717) is 24.7 Å². The van der Waals surface area contributed by atoms with Gasteiger partial charge in [-0.1, -0.05) is 12.1 Å². The first-order chi connectivity index (χ1) is 12.9. The SMILES string of the molecule is CN(Cc1ccc2ncccc2c1)CC1CCc2nc(C(F)(F)F)cn2C1. The van der Waals surface area contributed by atoms with Gasteiger partial charge >= 0.3 is 6.18 Å². The standard InChI is InChI=1S/C20H21F3N4/c1-26(10-14-4-6-17-16(9-14)3-2-8-24-17)11-15-5-7-19-25-18(20(21,22)23)13-27(19)12-15/h2-4,6,8-9,13,15H,5,7,10-12H2,1H3. The molecule has 3 heterocycles. The van der Waals surface area contributed by atoms with Crippen LogP contribution in [0.3, 0.4) is 0 Å². The van der Waals surface area contributed by atoms with Crippen LogP contribution in [-0.2, 0) is 25.7 Å². The monoisotopic (exact) mass is 374 g/mol. The molecule has 0 saturated carbocycles. The number of alkyl halides is 3. The second kappa shape index (κ2) is 6.96. The first kappa shape index (κ1) is 18.0. The summed E-state index contributed by atoms with van der Waals surface area (Å²) < 4.78 is 40.2. The molecular formula is C20H21F3N4. The van der Waals surface area contributed by atoms with E-state index in [0.717, 1.165) is 36.6 Å². The maximum absolute atomic E-state index is 12.8. The molecule has 1 unspecified atom stereocenters. The number of rotatable bonds is 4. The third-order valence-electron chi connectivity index (χ3n) is 5.07. The topological polar surface area (TPSA) is 34.0 Å². The third-order valence-corrected chi connectivity index (χ3v) is 5.07. The van der Waals surface area contributed by atoms with E-state index in [1.807, 2.05) is 18.2 Å². The summed E-state index contributed by atoms with van der Waals surface area (Å²) >= 11 is 0. The summed E-state index contributed by atoms with van der Waals surface area (Å²) in [5.41, 5.74) is 1.40. The Hall–Kier alpha value is -2.41. The molecule has 1 aromatic carbocycles. The van der Waals surface area contributed by atoms with Gasteiger partial charge in [-0.15, -0.1) is 0 Å². The van der Waals surface area contributed by atoms with Crippen LogP contribution in [0.4, 0.5) is 13.2 Å². The van der Waals surface area contributed by atoms with Crippen LogP contribution < -0.4 is 0 Å². The molecule has 0 amide bonds. The second-order valence-corrected chi connectivity index (χ2v) is 7.32. The smallest absolute Gasteiger partial charge is 0.334 e. The van der Waals surface area contributed by atoms with Crippen LogP contribution in [0.2, 0.25) is 0 Å². The molecule has 0 N–H and O–H groups in total. The van der Waals surface area contributed by atoms with E-state index in [1.54, 1.807) is 10.8 Å². The number of nitrogens with zero attached hydrogens (tertiary/aromatic N) is 4. The van der Waals surface area contributed by atoms with Crippen molar-refractivity contribution in [3.8, 4) is 0 Å². The molecule has 2 aromatic heterocycles. The normalized spacial score (nSPS) is 17.4. The molecular weight excluding hydrogens is 353 g/mol. The van der Waals surface area contributed by atoms with Crippen molar-refractivity contribution in [1.82, 2.24) is 19.4 Å². The summed E-state index contributed by atoms with van der Waals surface area (Å²) in [7, 11) is 2.05. The van der Waals surface area contributed by atoms with E-state index in [9.17, 15) is 13.2 Å². The fourth-order valence-corrected chi connectivity index (χ4v) is 3.84.